The van der Waals surface area contributed by atoms with Gasteiger partial charge in [-0.25, -0.2) is 13.8 Å². The van der Waals surface area contributed by atoms with Crippen molar-refractivity contribution in [2.75, 3.05) is 0 Å². The van der Waals surface area contributed by atoms with Gasteiger partial charge in [0.2, 0.25) is 5.91 Å². The molecule has 2 unspecified atom stereocenters. The molecular formula is C32H42F2N4O2. The molecule has 216 valence electrons. The van der Waals surface area contributed by atoms with Crippen LogP contribution in [0.5, 0.6) is 0 Å². The fourth-order valence-electron chi connectivity index (χ4n) is 6.19. The molecule has 2 aromatic rings. The zero-order chi connectivity index (χ0) is 29.1. The minimum absolute atomic E-state index is 0.0289. The summed E-state index contributed by atoms with van der Waals surface area (Å²) < 4.78 is 28.1. The van der Waals surface area contributed by atoms with Gasteiger partial charge in [-0.2, -0.15) is 0 Å². The number of guanidine groups is 1. The number of rotatable bonds is 7. The average molecular weight is 553 g/mol. The molecule has 1 aliphatic heterocycles. The maximum Gasteiger partial charge on any atom is 0.273 e. The van der Waals surface area contributed by atoms with Crippen molar-refractivity contribution < 1.29 is 18.4 Å². The zero-order valence-corrected chi connectivity index (χ0v) is 24.1. The second kappa shape index (κ2) is 12.1. The third kappa shape index (κ3) is 6.88. The Kier molecular flexibility index (Phi) is 8.96. The Labute approximate surface area is 236 Å². The number of halogens is 2. The maximum atomic E-state index is 14.0. The van der Waals surface area contributed by atoms with Gasteiger partial charge in [-0.05, 0) is 78.3 Å². The van der Waals surface area contributed by atoms with E-state index in [4.69, 9.17) is 5.73 Å². The first-order chi connectivity index (χ1) is 19.0. The fourth-order valence-corrected chi connectivity index (χ4v) is 6.19. The van der Waals surface area contributed by atoms with E-state index in [0.29, 0.717) is 24.0 Å². The molecule has 2 aromatic carbocycles. The van der Waals surface area contributed by atoms with Crippen LogP contribution in [0.2, 0.25) is 0 Å². The largest absolute Gasteiger partial charge is 0.370 e. The highest BCUT2D eigenvalue weighted by Crippen LogP contribution is 2.43. The summed E-state index contributed by atoms with van der Waals surface area (Å²) in [6.07, 6.45) is 5.84. The molecule has 0 aromatic heterocycles. The molecule has 4 N–H and O–H groups in total. The molecule has 5 rings (SSSR count). The Hall–Kier alpha value is -3.29. The van der Waals surface area contributed by atoms with E-state index in [1.165, 1.54) is 23.3 Å². The van der Waals surface area contributed by atoms with Gasteiger partial charge in [0.1, 0.15) is 0 Å². The number of carbonyl (C=O) groups excluding carboxylic acids is 2. The monoisotopic (exact) mass is 552 g/mol. The Morgan fingerprint density at radius 3 is 2.65 bits per heavy atom. The van der Waals surface area contributed by atoms with Crippen molar-refractivity contribution >= 4 is 17.8 Å². The molecule has 0 spiro atoms. The normalized spacial score (nSPS) is 22.1. The minimum atomic E-state index is -2.81. The van der Waals surface area contributed by atoms with E-state index in [1.54, 1.807) is 6.07 Å². The lowest BCUT2D eigenvalue weighted by molar-refractivity contribution is -0.120. The van der Waals surface area contributed by atoms with Crippen molar-refractivity contribution in [1.29, 1.82) is 0 Å². The van der Waals surface area contributed by atoms with E-state index in [9.17, 15) is 18.4 Å². The number of benzene rings is 2. The van der Waals surface area contributed by atoms with Gasteiger partial charge in [-0.1, -0.05) is 58.4 Å². The number of aliphatic imine (C=N–C) groups is 1. The summed E-state index contributed by atoms with van der Waals surface area (Å²) in [5.74, 6) is -2.90. The summed E-state index contributed by atoms with van der Waals surface area (Å²) in [5, 5.41) is 5.74. The van der Waals surface area contributed by atoms with Crippen LogP contribution in [-0.2, 0) is 30.0 Å². The quantitative estimate of drug-likeness (QED) is 0.362. The molecule has 0 saturated carbocycles. The maximum absolute atomic E-state index is 14.0. The van der Waals surface area contributed by atoms with Gasteiger partial charge in [0, 0.05) is 24.0 Å². The van der Waals surface area contributed by atoms with Crippen molar-refractivity contribution in [3.8, 4) is 0 Å². The number of nitrogens with zero attached hydrogens (tertiary/aromatic N) is 1. The number of hydrogen-bond acceptors (Lipinski definition) is 4. The summed E-state index contributed by atoms with van der Waals surface area (Å²) >= 11 is 0. The number of carbonyl (C=O) groups is 2. The van der Waals surface area contributed by atoms with Crippen molar-refractivity contribution in [2.24, 2.45) is 16.1 Å². The third-order valence-electron chi connectivity index (χ3n) is 8.05. The Bertz CT molecular complexity index is 1290. The van der Waals surface area contributed by atoms with E-state index in [-0.39, 0.29) is 47.3 Å². The number of aryl methyl sites for hydroxylation is 2. The van der Waals surface area contributed by atoms with E-state index in [2.05, 4.69) is 47.7 Å². The van der Waals surface area contributed by atoms with Crippen LogP contribution in [-0.4, -0.2) is 23.8 Å². The predicted molar refractivity (Wildman–Crippen MR) is 154 cm³/mol. The Morgan fingerprint density at radius 1 is 1.12 bits per heavy atom. The van der Waals surface area contributed by atoms with Gasteiger partial charge in [-0.15, -0.1) is 0 Å². The van der Waals surface area contributed by atoms with Crippen molar-refractivity contribution in [3.05, 3.63) is 69.8 Å². The van der Waals surface area contributed by atoms with Gasteiger partial charge in [0.25, 0.3) is 11.8 Å². The lowest BCUT2D eigenvalue weighted by Gasteiger charge is -2.37. The van der Waals surface area contributed by atoms with E-state index < -0.39 is 5.92 Å². The number of unbranched alkanes of at least 4 members (excludes halogenated alkanes) is 1. The first-order valence-electron chi connectivity index (χ1n) is 14.6. The predicted octanol–water partition coefficient (Wildman–Crippen LogP) is 6.11. The topological polar surface area (TPSA) is 96.6 Å². The van der Waals surface area contributed by atoms with E-state index in [0.717, 1.165) is 44.1 Å². The number of amides is 2. The minimum Gasteiger partial charge on any atom is -0.370 e. The van der Waals surface area contributed by atoms with Crippen LogP contribution in [0.25, 0.3) is 0 Å². The molecule has 8 heteroatoms. The standard InChI is InChI=1S/C30H36F2N4O2.C2H6/c1-29(2)16-21-8-7-18(5-3-4-6-22-15-26(37)36-28(33)34-22)13-23(21)25(17-29)35-27(38)20-9-10-24-19(14-20)11-12-30(24,31)32;1-2/h7-10,13-14,22,25H,3-6,11-12,15-17H2,1-2H3,(H,35,38)(H3,33,34,36,37);1-2H3. The van der Waals surface area contributed by atoms with Gasteiger partial charge < -0.3 is 11.1 Å². The molecular weight excluding hydrogens is 510 g/mol. The fraction of sp³-hybridized carbons (Fsp3) is 0.531. The first kappa shape index (κ1) is 29.7. The van der Waals surface area contributed by atoms with E-state index >= 15 is 0 Å². The molecule has 1 heterocycles. The molecule has 2 aliphatic carbocycles. The zero-order valence-electron chi connectivity index (χ0n) is 24.1. The summed E-state index contributed by atoms with van der Waals surface area (Å²) in [6.45, 7) is 8.42. The lowest BCUT2D eigenvalue weighted by atomic mass is 9.71. The van der Waals surface area contributed by atoms with Crippen LogP contribution in [0.3, 0.4) is 0 Å². The third-order valence-corrected chi connectivity index (χ3v) is 8.05. The highest BCUT2D eigenvalue weighted by Gasteiger charge is 2.39. The second-order valence-electron chi connectivity index (χ2n) is 11.8. The molecule has 0 bridgehead atoms. The number of nitrogens with one attached hydrogen (secondary N) is 2. The van der Waals surface area contributed by atoms with Crippen molar-refractivity contribution in [2.45, 2.75) is 103 Å². The molecule has 40 heavy (non-hydrogen) atoms. The molecule has 0 saturated heterocycles. The van der Waals surface area contributed by atoms with Crippen LogP contribution in [0.4, 0.5) is 8.78 Å². The lowest BCUT2D eigenvalue weighted by Crippen LogP contribution is -2.43. The molecule has 0 radical (unpaired) electrons. The molecule has 0 fully saturated rings. The van der Waals surface area contributed by atoms with Crippen molar-refractivity contribution in [3.63, 3.8) is 0 Å². The van der Waals surface area contributed by atoms with Crippen LogP contribution in [0.1, 0.15) is 110 Å². The number of hydrogen-bond donors (Lipinski definition) is 3. The smallest absolute Gasteiger partial charge is 0.273 e. The number of alkyl halides is 2. The van der Waals surface area contributed by atoms with Gasteiger partial charge in [0.05, 0.1) is 12.1 Å². The number of nitrogens with two attached hydrogens (primary N) is 1. The molecule has 2 atom stereocenters. The van der Waals surface area contributed by atoms with Crippen LogP contribution in [0, 0.1) is 5.41 Å². The highest BCUT2D eigenvalue weighted by molar-refractivity contribution is 5.98. The SMILES string of the molecule is CC.CC1(C)Cc2ccc(CCCCC3CC(=O)NC(N)=N3)cc2C(NC(=O)c2ccc3c(c2)CCC3(F)F)C1. The second-order valence-corrected chi connectivity index (χ2v) is 11.8. The van der Waals surface area contributed by atoms with Gasteiger partial charge >= 0.3 is 0 Å². The molecule has 3 aliphatic rings. The average Bonchev–Trinajstić information content (AvgIpc) is 3.20. The van der Waals surface area contributed by atoms with E-state index in [1.807, 2.05) is 13.8 Å². The summed E-state index contributed by atoms with van der Waals surface area (Å²) in [7, 11) is 0. The van der Waals surface area contributed by atoms with Crippen LogP contribution >= 0.6 is 0 Å². The first-order valence-corrected chi connectivity index (χ1v) is 14.6. The van der Waals surface area contributed by atoms with Crippen LogP contribution < -0.4 is 16.4 Å². The molecule has 2 amide bonds. The summed E-state index contributed by atoms with van der Waals surface area (Å²) in [6, 6.07) is 10.9. The van der Waals surface area contributed by atoms with Gasteiger partial charge in [0.15, 0.2) is 5.96 Å². The summed E-state index contributed by atoms with van der Waals surface area (Å²) in [5.41, 5.74) is 10.3. The summed E-state index contributed by atoms with van der Waals surface area (Å²) in [4.78, 5) is 29.2. The van der Waals surface area contributed by atoms with Gasteiger partial charge in [-0.3, -0.25) is 14.9 Å². The van der Waals surface area contributed by atoms with Crippen LogP contribution in [0.15, 0.2) is 41.4 Å². The Balaban J connectivity index is 0.00000181. The Morgan fingerprint density at radius 2 is 1.90 bits per heavy atom. The number of fused-ring (bicyclic) bond motifs is 2. The molecule has 6 nitrogen and oxygen atoms in total. The van der Waals surface area contributed by atoms with Crippen molar-refractivity contribution in [1.82, 2.24) is 10.6 Å². The highest BCUT2D eigenvalue weighted by atomic mass is 19.3.